The van der Waals surface area contributed by atoms with E-state index in [-0.39, 0.29) is 0 Å². The number of fused-ring (bicyclic) bond motifs is 1. The van der Waals surface area contributed by atoms with E-state index in [1.54, 1.807) is 13.3 Å². The molecule has 2 heterocycles. The fraction of sp³-hybridized carbons (Fsp3) is 0.188. The summed E-state index contributed by atoms with van der Waals surface area (Å²) in [5.41, 5.74) is 2.01. The van der Waals surface area contributed by atoms with Gasteiger partial charge >= 0.3 is 0 Å². The van der Waals surface area contributed by atoms with Gasteiger partial charge in [0.2, 0.25) is 5.88 Å². The number of nitrogens with zero attached hydrogens (tertiary/aromatic N) is 3. The molecule has 1 N–H and O–H groups in total. The Labute approximate surface area is 123 Å². The van der Waals surface area contributed by atoms with Crippen LogP contribution < -0.4 is 10.1 Å². The lowest BCUT2D eigenvalue weighted by molar-refractivity contribution is 0.397. The van der Waals surface area contributed by atoms with E-state index < -0.39 is 0 Å². The summed E-state index contributed by atoms with van der Waals surface area (Å²) in [6.45, 7) is 2.55. The van der Waals surface area contributed by atoms with Crippen molar-refractivity contribution in [1.82, 2.24) is 15.0 Å². The lowest BCUT2D eigenvalue weighted by Gasteiger charge is -2.09. The van der Waals surface area contributed by atoms with Gasteiger partial charge in [0.05, 0.1) is 12.6 Å². The van der Waals surface area contributed by atoms with Crippen LogP contribution in [0, 0.1) is 6.92 Å². The first kappa shape index (κ1) is 13.3. The first-order chi connectivity index (χ1) is 10.3. The molecule has 0 saturated heterocycles. The second kappa shape index (κ2) is 5.75. The average molecular weight is 280 g/mol. The van der Waals surface area contributed by atoms with Gasteiger partial charge < -0.3 is 10.1 Å². The van der Waals surface area contributed by atoms with Crippen LogP contribution in [0.1, 0.15) is 11.4 Å². The topological polar surface area (TPSA) is 59.9 Å². The molecule has 5 heteroatoms. The summed E-state index contributed by atoms with van der Waals surface area (Å²) in [6.07, 6.45) is 1.79. The molecule has 21 heavy (non-hydrogen) atoms. The highest BCUT2D eigenvalue weighted by molar-refractivity contribution is 5.88. The summed E-state index contributed by atoms with van der Waals surface area (Å²) in [7, 11) is 1.61. The summed E-state index contributed by atoms with van der Waals surface area (Å²) in [5, 5.41) is 4.37. The highest BCUT2D eigenvalue weighted by atomic mass is 16.5. The Hall–Kier alpha value is -2.69. The van der Waals surface area contributed by atoms with Crippen LogP contribution in [0.15, 0.2) is 42.6 Å². The Balaban J connectivity index is 1.84. The number of nitrogens with one attached hydrogen (secondary N) is 1. The van der Waals surface area contributed by atoms with Crippen LogP contribution >= 0.6 is 0 Å². The van der Waals surface area contributed by atoms with Crippen molar-refractivity contribution in [1.29, 1.82) is 0 Å². The van der Waals surface area contributed by atoms with Crippen molar-refractivity contribution in [3.05, 3.63) is 54.0 Å². The van der Waals surface area contributed by atoms with Gasteiger partial charge in [-0.3, -0.25) is 0 Å². The van der Waals surface area contributed by atoms with Crippen molar-refractivity contribution < 1.29 is 4.74 Å². The summed E-state index contributed by atoms with van der Waals surface area (Å²) < 4.78 is 5.05. The zero-order chi connectivity index (χ0) is 14.7. The Morgan fingerprint density at radius 1 is 1.10 bits per heavy atom. The number of pyridine rings is 1. The molecule has 0 aliphatic carbocycles. The summed E-state index contributed by atoms with van der Waals surface area (Å²) >= 11 is 0. The first-order valence-electron chi connectivity index (χ1n) is 6.72. The standard InChI is InChI=1S/C16H16N4O/c1-11-19-14-6-4-3-5-13(14)16(20-11)18-10-12-7-8-15(21-2)17-9-12/h3-9H,10H2,1-2H3,(H,18,19,20). The molecule has 0 bridgehead atoms. The third-order valence-electron chi connectivity index (χ3n) is 3.18. The molecule has 2 aromatic heterocycles. The number of ether oxygens (including phenoxy) is 1. The average Bonchev–Trinajstić information content (AvgIpc) is 2.53. The van der Waals surface area contributed by atoms with Gasteiger partial charge in [-0.05, 0) is 24.6 Å². The van der Waals surface area contributed by atoms with Crippen LogP contribution in [-0.2, 0) is 6.54 Å². The van der Waals surface area contributed by atoms with Gasteiger partial charge in [0.25, 0.3) is 0 Å². The fourth-order valence-corrected chi connectivity index (χ4v) is 2.15. The number of para-hydroxylation sites is 1. The van der Waals surface area contributed by atoms with E-state index in [4.69, 9.17) is 4.74 Å². The number of rotatable bonds is 4. The van der Waals surface area contributed by atoms with Crippen molar-refractivity contribution in [2.45, 2.75) is 13.5 Å². The summed E-state index contributed by atoms with van der Waals surface area (Å²) in [4.78, 5) is 13.1. The molecule has 0 fully saturated rings. The van der Waals surface area contributed by atoms with E-state index in [1.165, 1.54) is 0 Å². The normalized spacial score (nSPS) is 10.6. The van der Waals surface area contributed by atoms with Crippen molar-refractivity contribution >= 4 is 16.7 Å². The zero-order valence-corrected chi connectivity index (χ0v) is 12.0. The number of hydrogen-bond acceptors (Lipinski definition) is 5. The van der Waals surface area contributed by atoms with E-state index in [2.05, 4.69) is 20.3 Å². The number of anilines is 1. The summed E-state index contributed by atoms with van der Waals surface area (Å²) in [5.74, 6) is 2.21. The monoisotopic (exact) mass is 280 g/mol. The van der Waals surface area contributed by atoms with Crippen molar-refractivity contribution in [3.8, 4) is 5.88 Å². The fourth-order valence-electron chi connectivity index (χ4n) is 2.15. The van der Waals surface area contributed by atoms with E-state index in [0.29, 0.717) is 12.4 Å². The minimum absolute atomic E-state index is 0.613. The molecule has 0 atom stereocenters. The van der Waals surface area contributed by atoms with Crippen LogP contribution in [0.5, 0.6) is 5.88 Å². The number of aryl methyl sites for hydroxylation is 1. The molecular formula is C16H16N4O. The molecule has 0 amide bonds. The van der Waals surface area contributed by atoms with Gasteiger partial charge in [0, 0.05) is 24.2 Å². The third kappa shape index (κ3) is 2.91. The van der Waals surface area contributed by atoms with Crippen LogP contribution in [0.3, 0.4) is 0 Å². The number of aromatic nitrogens is 3. The predicted molar refractivity (Wildman–Crippen MR) is 82.4 cm³/mol. The number of methoxy groups -OCH3 is 1. The molecule has 0 unspecified atom stereocenters. The predicted octanol–water partition coefficient (Wildman–Crippen LogP) is 2.95. The van der Waals surface area contributed by atoms with Crippen molar-refractivity contribution in [2.24, 2.45) is 0 Å². The van der Waals surface area contributed by atoms with E-state index in [0.717, 1.165) is 28.1 Å². The van der Waals surface area contributed by atoms with Gasteiger partial charge in [-0.25, -0.2) is 15.0 Å². The largest absolute Gasteiger partial charge is 0.481 e. The van der Waals surface area contributed by atoms with E-state index in [9.17, 15) is 0 Å². The molecule has 0 aliphatic heterocycles. The molecule has 0 radical (unpaired) electrons. The van der Waals surface area contributed by atoms with Gasteiger partial charge in [-0.15, -0.1) is 0 Å². The molecule has 5 nitrogen and oxygen atoms in total. The Kier molecular flexibility index (Phi) is 3.64. The lowest BCUT2D eigenvalue weighted by atomic mass is 10.2. The third-order valence-corrected chi connectivity index (χ3v) is 3.18. The Morgan fingerprint density at radius 3 is 2.71 bits per heavy atom. The van der Waals surface area contributed by atoms with E-state index in [1.807, 2.05) is 43.3 Å². The Bertz CT molecular complexity index is 756. The van der Waals surface area contributed by atoms with Crippen LogP contribution in [-0.4, -0.2) is 22.1 Å². The van der Waals surface area contributed by atoms with Gasteiger partial charge in [0.1, 0.15) is 11.6 Å². The second-order valence-corrected chi connectivity index (χ2v) is 4.70. The second-order valence-electron chi connectivity index (χ2n) is 4.70. The molecule has 0 spiro atoms. The molecule has 0 saturated carbocycles. The first-order valence-corrected chi connectivity index (χ1v) is 6.72. The molecule has 3 aromatic rings. The van der Waals surface area contributed by atoms with Gasteiger partial charge in [-0.2, -0.15) is 0 Å². The highest BCUT2D eigenvalue weighted by Gasteiger charge is 2.05. The van der Waals surface area contributed by atoms with Gasteiger partial charge in [0.15, 0.2) is 0 Å². The maximum absolute atomic E-state index is 5.05. The van der Waals surface area contributed by atoms with Crippen LogP contribution in [0.2, 0.25) is 0 Å². The van der Waals surface area contributed by atoms with Crippen LogP contribution in [0.25, 0.3) is 10.9 Å². The van der Waals surface area contributed by atoms with Gasteiger partial charge in [-0.1, -0.05) is 18.2 Å². The molecular weight excluding hydrogens is 264 g/mol. The Morgan fingerprint density at radius 2 is 1.95 bits per heavy atom. The zero-order valence-electron chi connectivity index (χ0n) is 12.0. The lowest BCUT2D eigenvalue weighted by Crippen LogP contribution is -2.04. The number of hydrogen-bond donors (Lipinski definition) is 1. The minimum Gasteiger partial charge on any atom is -0.481 e. The van der Waals surface area contributed by atoms with Crippen molar-refractivity contribution in [3.63, 3.8) is 0 Å². The smallest absolute Gasteiger partial charge is 0.212 e. The van der Waals surface area contributed by atoms with Crippen LogP contribution in [0.4, 0.5) is 5.82 Å². The molecule has 106 valence electrons. The highest BCUT2D eigenvalue weighted by Crippen LogP contribution is 2.20. The minimum atomic E-state index is 0.613. The number of benzene rings is 1. The molecule has 3 rings (SSSR count). The quantitative estimate of drug-likeness (QED) is 0.796. The van der Waals surface area contributed by atoms with Crippen molar-refractivity contribution in [2.75, 3.05) is 12.4 Å². The maximum Gasteiger partial charge on any atom is 0.212 e. The maximum atomic E-state index is 5.05. The van der Waals surface area contributed by atoms with E-state index >= 15 is 0 Å². The summed E-state index contributed by atoms with van der Waals surface area (Å²) in [6, 6.07) is 11.8. The molecule has 0 aliphatic rings. The SMILES string of the molecule is COc1ccc(CNc2nc(C)nc3ccccc23)cn1. The molecule has 1 aromatic carbocycles.